The molecule has 1 rings (SSSR count). The summed E-state index contributed by atoms with van der Waals surface area (Å²) in [6.45, 7) is 1.90. The molecule has 0 bridgehead atoms. The summed E-state index contributed by atoms with van der Waals surface area (Å²) in [4.78, 5) is 12.7. The number of aromatic amines is 1. The molecule has 1 aromatic rings. The van der Waals surface area contributed by atoms with Crippen LogP contribution in [-0.2, 0) is 0 Å². The van der Waals surface area contributed by atoms with Crippen LogP contribution in [0.25, 0.3) is 0 Å². The molecule has 0 radical (unpaired) electrons. The van der Waals surface area contributed by atoms with Gasteiger partial charge in [0.05, 0.1) is 11.7 Å². The lowest BCUT2D eigenvalue weighted by Gasteiger charge is -2.16. The first-order valence-corrected chi connectivity index (χ1v) is 4.08. The van der Waals surface area contributed by atoms with Gasteiger partial charge in [0.15, 0.2) is 0 Å². The van der Waals surface area contributed by atoms with Crippen LogP contribution < -0.4 is 5.32 Å². The first-order chi connectivity index (χ1) is 6.11. The minimum atomic E-state index is -0.109. The first kappa shape index (κ1) is 9.57. The number of carbonyl (C=O) groups is 1. The summed E-state index contributed by atoms with van der Waals surface area (Å²) in [6.07, 6.45) is 1.66. The molecule has 1 atom stereocenters. The van der Waals surface area contributed by atoms with Crippen molar-refractivity contribution in [3.05, 3.63) is 18.0 Å². The van der Waals surface area contributed by atoms with E-state index in [1.165, 1.54) is 4.90 Å². The fourth-order valence-corrected chi connectivity index (χ4v) is 0.900. The van der Waals surface area contributed by atoms with Crippen molar-refractivity contribution in [2.45, 2.75) is 13.0 Å². The topological polar surface area (TPSA) is 61.0 Å². The maximum atomic E-state index is 11.2. The number of nitrogens with one attached hydrogen (secondary N) is 2. The van der Waals surface area contributed by atoms with Gasteiger partial charge in [-0.1, -0.05) is 0 Å². The van der Waals surface area contributed by atoms with E-state index in [1.807, 2.05) is 13.0 Å². The molecule has 0 aliphatic rings. The Morgan fingerprint density at radius 1 is 1.69 bits per heavy atom. The molecule has 72 valence electrons. The van der Waals surface area contributed by atoms with Gasteiger partial charge in [0.2, 0.25) is 0 Å². The van der Waals surface area contributed by atoms with Crippen LogP contribution in [-0.4, -0.2) is 35.2 Å². The van der Waals surface area contributed by atoms with Gasteiger partial charge in [-0.15, -0.1) is 0 Å². The van der Waals surface area contributed by atoms with Gasteiger partial charge in [0.1, 0.15) is 0 Å². The highest BCUT2D eigenvalue weighted by molar-refractivity contribution is 5.73. The van der Waals surface area contributed by atoms with Gasteiger partial charge in [-0.3, -0.25) is 5.10 Å². The van der Waals surface area contributed by atoms with Crippen molar-refractivity contribution >= 4 is 6.03 Å². The minimum absolute atomic E-state index is 0.0441. The molecular weight excluding hydrogens is 168 g/mol. The van der Waals surface area contributed by atoms with Crippen LogP contribution in [0.2, 0.25) is 0 Å². The summed E-state index contributed by atoms with van der Waals surface area (Å²) >= 11 is 0. The van der Waals surface area contributed by atoms with Gasteiger partial charge >= 0.3 is 6.03 Å². The molecule has 0 saturated heterocycles. The lowest BCUT2D eigenvalue weighted by Crippen LogP contribution is -2.36. The van der Waals surface area contributed by atoms with Crippen molar-refractivity contribution in [3.63, 3.8) is 0 Å². The van der Waals surface area contributed by atoms with Crippen LogP contribution in [0.1, 0.15) is 18.7 Å². The smallest absolute Gasteiger partial charge is 0.317 e. The van der Waals surface area contributed by atoms with E-state index in [0.717, 1.165) is 5.69 Å². The Kier molecular flexibility index (Phi) is 2.89. The van der Waals surface area contributed by atoms with Crippen molar-refractivity contribution in [3.8, 4) is 0 Å². The normalized spacial score (nSPS) is 12.2. The number of H-pyrrole nitrogens is 1. The van der Waals surface area contributed by atoms with Crippen LogP contribution >= 0.6 is 0 Å². The Labute approximate surface area is 77.1 Å². The molecule has 0 fully saturated rings. The summed E-state index contributed by atoms with van der Waals surface area (Å²) in [5, 5.41) is 9.40. The largest absolute Gasteiger partial charge is 0.331 e. The van der Waals surface area contributed by atoms with Crippen LogP contribution in [0.4, 0.5) is 4.79 Å². The van der Waals surface area contributed by atoms with Crippen molar-refractivity contribution in [1.29, 1.82) is 0 Å². The highest BCUT2D eigenvalue weighted by Crippen LogP contribution is 2.06. The number of aromatic nitrogens is 2. The zero-order chi connectivity index (χ0) is 9.84. The van der Waals surface area contributed by atoms with Crippen LogP contribution in [0, 0.1) is 0 Å². The molecule has 0 aliphatic heterocycles. The molecule has 5 nitrogen and oxygen atoms in total. The molecule has 5 heteroatoms. The quantitative estimate of drug-likeness (QED) is 0.708. The molecule has 13 heavy (non-hydrogen) atoms. The average molecular weight is 182 g/mol. The molecule has 2 amide bonds. The Morgan fingerprint density at radius 3 is 2.85 bits per heavy atom. The predicted octanol–water partition coefficient (Wildman–Crippen LogP) is 0.742. The number of hydrogen-bond donors (Lipinski definition) is 2. The molecule has 1 heterocycles. The van der Waals surface area contributed by atoms with Gasteiger partial charge in [0, 0.05) is 20.3 Å². The highest BCUT2D eigenvalue weighted by atomic mass is 16.2. The third-order valence-electron chi connectivity index (χ3n) is 1.73. The monoisotopic (exact) mass is 182 g/mol. The van der Waals surface area contributed by atoms with Gasteiger partial charge in [-0.05, 0) is 13.0 Å². The SMILES string of the molecule is CC(NC(=O)N(C)C)c1ccn[nH]1. The van der Waals surface area contributed by atoms with Crippen LogP contribution in [0.3, 0.4) is 0 Å². The predicted molar refractivity (Wildman–Crippen MR) is 49.2 cm³/mol. The first-order valence-electron chi connectivity index (χ1n) is 4.08. The van der Waals surface area contributed by atoms with E-state index in [1.54, 1.807) is 20.3 Å². The number of hydrogen-bond acceptors (Lipinski definition) is 2. The molecule has 0 spiro atoms. The third-order valence-corrected chi connectivity index (χ3v) is 1.73. The molecule has 0 aliphatic carbocycles. The lowest BCUT2D eigenvalue weighted by atomic mass is 10.2. The highest BCUT2D eigenvalue weighted by Gasteiger charge is 2.10. The van der Waals surface area contributed by atoms with Crippen LogP contribution in [0.15, 0.2) is 12.3 Å². The van der Waals surface area contributed by atoms with E-state index in [4.69, 9.17) is 0 Å². The second kappa shape index (κ2) is 3.93. The Bertz CT molecular complexity index is 268. The van der Waals surface area contributed by atoms with Crippen LogP contribution in [0.5, 0.6) is 0 Å². The zero-order valence-electron chi connectivity index (χ0n) is 8.03. The van der Waals surface area contributed by atoms with Crippen molar-refractivity contribution < 1.29 is 4.79 Å². The maximum Gasteiger partial charge on any atom is 0.317 e. The van der Waals surface area contributed by atoms with Gasteiger partial charge in [-0.25, -0.2) is 4.79 Å². The fraction of sp³-hybridized carbons (Fsp3) is 0.500. The van der Waals surface area contributed by atoms with E-state index >= 15 is 0 Å². The number of amides is 2. The molecule has 1 unspecified atom stereocenters. The molecule has 2 N–H and O–H groups in total. The second-order valence-electron chi connectivity index (χ2n) is 3.08. The number of urea groups is 1. The summed E-state index contributed by atoms with van der Waals surface area (Å²) in [5.74, 6) is 0. The van der Waals surface area contributed by atoms with Crippen molar-refractivity contribution in [1.82, 2.24) is 20.4 Å². The second-order valence-corrected chi connectivity index (χ2v) is 3.08. The van der Waals surface area contributed by atoms with E-state index in [0.29, 0.717) is 0 Å². The maximum absolute atomic E-state index is 11.2. The molecular formula is C8H14N4O. The van der Waals surface area contributed by atoms with E-state index in [9.17, 15) is 4.79 Å². The van der Waals surface area contributed by atoms with Gasteiger partial charge < -0.3 is 10.2 Å². The van der Waals surface area contributed by atoms with E-state index in [2.05, 4.69) is 15.5 Å². The number of nitrogens with zero attached hydrogens (tertiary/aromatic N) is 2. The molecule has 0 aromatic carbocycles. The standard InChI is InChI=1S/C8H14N4O/c1-6(7-4-5-9-11-7)10-8(13)12(2)3/h4-6H,1-3H3,(H,9,11)(H,10,13). The van der Waals surface area contributed by atoms with Gasteiger partial charge in [-0.2, -0.15) is 5.10 Å². The van der Waals surface area contributed by atoms with E-state index < -0.39 is 0 Å². The minimum Gasteiger partial charge on any atom is -0.331 e. The van der Waals surface area contributed by atoms with E-state index in [-0.39, 0.29) is 12.1 Å². The number of rotatable bonds is 2. The van der Waals surface area contributed by atoms with Crippen molar-refractivity contribution in [2.75, 3.05) is 14.1 Å². The Hall–Kier alpha value is -1.52. The molecule has 1 aromatic heterocycles. The summed E-state index contributed by atoms with van der Waals surface area (Å²) in [7, 11) is 3.41. The number of carbonyl (C=O) groups excluding carboxylic acids is 1. The van der Waals surface area contributed by atoms with Gasteiger partial charge in [0.25, 0.3) is 0 Å². The summed E-state index contributed by atoms with van der Waals surface area (Å²) in [5.41, 5.74) is 0.898. The average Bonchev–Trinajstić information content (AvgIpc) is 2.55. The lowest BCUT2D eigenvalue weighted by molar-refractivity contribution is 0.214. The Morgan fingerprint density at radius 2 is 2.38 bits per heavy atom. The zero-order valence-corrected chi connectivity index (χ0v) is 8.03. The van der Waals surface area contributed by atoms with Crippen molar-refractivity contribution in [2.24, 2.45) is 0 Å². The molecule has 0 saturated carbocycles. The summed E-state index contributed by atoms with van der Waals surface area (Å²) in [6, 6.07) is 1.68. The Balaban J connectivity index is 2.51. The fourth-order valence-electron chi connectivity index (χ4n) is 0.900. The third kappa shape index (κ3) is 2.47. The summed E-state index contributed by atoms with van der Waals surface area (Å²) < 4.78 is 0.